The van der Waals surface area contributed by atoms with Gasteiger partial charge in [-0.2, -0.15) is 4.98 Å². The summed E-state index contributed by atoms with van der Waals surface area (Å²) >= 11 is 0. The summed E-state index contributed by atoms with van der Waals surface area (Å²) in [6, 6.07) is 0. The van der Waals surface area contributed by atoms with Crippen LogP contribution >= 0.6 is 0 Å². The fourth-order valence-electron chi connectivity index (χ4n) is 0.553. The predicted molar refractivity (Wildman–Crippen MR) is 32.7 cm³/mol. The van der Waals surface area contributed by atoms with Crippen LogP contribution in [0.1, 0.15) is 36.3 Å². The van der Waals surface area contributed by atoms with E-state index < -0.39 is 11.8 Å². The standard InChI is InChI=1S/C6H8N2O3.Na/c1-3(2)5-7-4(6(9)10)8-11-5;/h3H,1-2H3,(H,9,10);/q;+1/p-1. The van der Waals surface area contributed by atoms with Gasteiger partial charge in [-0.25, -0.2) is 0 Å². The molecule has 1 heterocycles. The number of carbonyl (C=O) groups is 1. The molecule has 0 aliphatic carbocycles. The fraction of sp³-hybridized carbons (Fsp3) is 0.500. The molecular formula is C6H7N2NaO3. The van der Waals surface area contributed by atoms with Gasteiger partial charge in [0.15, 0.2) is 0 Å². The summed E-state index contributed by atoms with van der Waals surface area (Å²) in [5.74, 6) is -1.46. The zero-order valence-electron chi connectivity index (χ0n) is 7.20. The number of carbonyl (C=O) groups excluding carboxylic acids is 1. The molecule has 0 aromatic carbocycles. The molecule has 0 radical (unpaired) electrons. The maximum atomic E-state index is 10.1. The zero-order chi connectivity index (χ0) is 8.43. The van der Waals surface area contributed by atoms with Crippen molar-refractivity contribution in [1.82, 2.24) is 10.1 Å². The van der Waals surface area contributed by atoms with Gasteiger partial charge in [-0.3, -0.25) is 0 Å². The van der Waals surface area contributed by atoms with E-state index in [4.69, 9.17) is 0 Å². The van der Waals surface area contributed by atoms with Crippen molar-refractivity contribution >= 4 is 5.97 Å². The average Bonchev–Trinajstić information content (AvgIpc) is 2.33. The van der Waals surface area contributed by atoms with Crippen LogP contribution in [0.2, 0.25) is 0 Å². The Balaban J connectivity index is 0.00000121. The maximum absolute atomic E-state index is 10.1. The van der Waals surface area contributed by atoms with Crippen LogP contribution in [0.25, 0.3) is 0 Å². The molecule has 0 atom stereocenters. The number of aromatic nitrogens is 2. The van der Waals surface area contributed by atoms with E-state index in [1.54, 1.807) is 0 Å². The summed E-state index contributed by atoms with van der Waals surface area (Å²) in [6.07, 6.45) is 0. The quantitative estimate of drug-likeness (QED) is 0.440. The first-order chi connectivity index (χ1) is 5.11. The van der Waals surface area contributed by atoms with Gasteiger partial charge < -0.3 is 14.4 Å². The van der Waals surface area contributed by atoms with E-state index in [1.807, 2.05) is 13.8 Å². The second kappa shape index (κ2) is 4.59. The van der Waals surface area contributed by atoms with Gasteiger partial charge in [-0.15, -0.1) is 0 Å². The molecule has 0 aliphatic rings. The summed E-state index contributed by atoms with van der Waals surface area (Å²) in [5.41, 5.74) is 0. The molecule has 5 nitrogen and oxygen atoms in total. The SMILES string of the molecule is CC(C)c1nc(C(=O)[O-])no1.[Na+]. The van der Waals surface area contributed by atoms with Crippen molar-refractivity contribution in [3.05, 3.63) is 11.7 Å². The number of hydrogen-bond donors (Lipinski definition) is 0. The van der Waals surface area contributed by atoms with Crippen molar-refractivity contribution in [1.29, 1.82) is 0 Å². The van der Waals surface area contributed by atoms with Crippen LogP contribution in [0.5, 0.6) is 0 Å². The van der Waals surface area contributed by atoms with Gasteiger partial charge in [-0.1, -0.05) is 19.0 Å². The Labute approximate surface area is 91.4 Å². The second-order valence-electron chi connectivity index (χ2n) is 2.40. The predicted octanol–water partition coefficient (Wildman–Crippen LogP) is -3.44. The number of hydrogen-bond acceptors (Lipinski definition) is 5. The van der Waals surface area contributed by atoms with Gasteiger partial charge in [0, 0.05) is 5.92 Å². The molecule has 1 aromatic heterocycles. The minimum Gasteiger partial charge on any atom is -0.541 e. The Morgan fingerprint density at radius 3 is 2.42 bits per heavy atom. The van der Waals surface area contributed by atoms with E-state index in [0.717, 1.165) is 0 Å². The summed E-state index contributed by atoms with van der Waals surface area (Å²) in [6.45, 7) is 3.65. The van der Waals surface area contributed by atoms with Crippen molar-refractivity contribution in [3.8, 4) is 0 Å². The van der Waals surface area contributed by atoms with Crippen molar-refractivity contribution < 1.29 is 44.0 Å². The summed E-state index contributed by atoms with van der Waals surface area (Å²) in [5, 5.41) is 13.3. The molecular weight excluding hydrogens is 171 g/mol. The first-order valence-corrected chi connectivity index (χ1v) is 3.16. The molecule has 0 spiro atoms. The number of carboxylic acids is 1. The Hall–Kier alpha value is -0.390. The number of carboxylic acid groups (broad SMARTS) is 1. The summed E-state index contributed by atoms with van der Waals surface area (Å²) < 4.78 is 4.61. The Bertz CT molecular complexity index is 272. The Kier molecular flexibility index (Phi) is 4.44. The maximum Gasteiger partial charge on any atom is 1.00 e. The molecule has 0 aliphatic heterocycles. The van der Waals surface area contributed by atoms with Gasteiger partial charge in [-0.05, 0) is 0 Å². The third-order valence-corrected chi connectivity index (χ3v) is 1.12. The van der Waals surface area contributed by atoms with Gasteiger partial charge in [0.1, 0.15) is 5.97 Å². The topological polar surface area (TPSA) is 79.0 Å². The van der Waals surface area contributed by atoms with Crippen LogP contribution in [0, 0.1) is 0 Å². The summed E-state index contributed by atoms with van der Waals surface area (Å²) in [4.78, 5) is 13.7. The molecule has 60 valence electrons. The van der Waals surface area contributed by atoms with E-state index in [2.05, 4.69) is 14.7 Å². The molecule has 0 saturated carbocycles. The molecule has 0 fully saturated rings. The molecule has 12 heavy (non-hydrogen) atoms. The monoisotopic (exact) mass is 178 g/mol. The zero-order valence-corrected chi connectivity index (χ0v) is 9.20. The Morgan fingerprint density at radius 2 is 2.17 bits per heavy atom. The van der Waals surface area contributed by atoms with Gasteiger partial charge in [0.05, 0.1) is 0 Å². The molecule has 0 N–H and O–H groups in total. The Morgan fingerprint density at radius 1 is 1.58 bits per heavy atom. The van der Waals surface area contributed by atoms with E-state index in [0.29, 0.717) is 5.89 Å². The van der Waals surface area contributed by atoms with Crippen LogP contribution in [-0.4, -0.2) is 16.1 Å². The number of nitrogens with zero attached hydrogens (tertiary/aromatic N) is 2. The third-order valence-electron chi connectivity index (χ3n) is 1.12. The van der Waals surface area contributed by atoms with Crippen molar-refractivity contribution in [2.45, 2.75) is 19.8 Å². The number of aromatic carboxylic acids is 1. The van der Waals surface area contributed by atoms with E-state index in [-0.39, 0.29) is 35.5 Å². The first kappa shape index (κ1) is 11.6. The van der Waals surface area contributed by atoms with Crippen molar-refractivity contribution in [2.24, 2.45) is 0 Å². The minimum absolute atomic E-state index is 0. The fourth-order valence-corrected chi connectivity index (χ4v) is 0.553. The van der Waals surface area contributed by atoms with E-state index >= 15 is 0 Å². The van der Waals surface area contributed by atoms with Crippen LogP contribution in [-0.2, 0) is 0 Å². The van der Waals surface area contributed by atoms with E-state index in [9.17, 15) is 9.90 Å². The number of rotatable bonds is 2. The van der Waals surface area contributed by atoms with Crippen LogP contribution in [0.3, 0.4) is 0 Å². The smallest absolute Gasteiger partial charge is 0.541 e. The summed E-state index contributed by atoms with van der Waals surface area (Å²) in [7, 11) is 0. The van der Waals surface area contributed by atoms with Crippen LogP contribution in [0.15, 0.2) is 4.52 Å². The van der Waals surface area contributed by atoms with Crippen molar-refractivity contribution in [2.75, 3.05) is 0 Å². The minimum atomic E-state index is -1.42. The van der Waals surface area contributed by atoms with E-state index in [1.165, 1.54) is 0 Å². The van der Waals surface area contributed by atoms with Gasteiger partial charge in [0.25, 0.3) is 0 Å². The molecule has 0 bridgehead atoms. The van der Waals surface area contributed by atoms with Gasteiger partial charge >= 0.3 is 29.6 Å². The molecule has 1 rings (SSSR count). The molecule has 1 aromatic rings. The van der Waals surface area contributed by atoms with Crippen LogP contribution < -0.4 is 34.7 Å². The normalized spacial score (nSPS) is 9.58. The molecule has 0 unspecified atom stereocenters. The van der Waals surface area contributed by atoms with Gasteiger partial charge in [0.2, 0.25) is 11.7 Å². The second-order valence-corrected chi connectivity index (χ2v) is 2.40. The molecule has 0 amide bonds. The van der Waals surface area contributed by atoms with Crippen molar-refractivity contribution in [3.63, 3.8) is 0 Å². The first-order valence-electron chi connectivity index (χ1n) is 3.16. The molecule has 0 saturated heterocycles. The third kappa shape index (κ3) is 2.58. The average molecular weight is 178 g/mol. The largest absolute Gasteiger partial charge is 1.00 e. The molecule has 6 heteroatoms. The van der Waals surface area contributed by atoms with Crippen LogP contribution in [0.4, 0.5) is 0 Å².